The largest absolute Gasteiger partial charge is 0.351 e. The number of aromatic nitrogens is 2. The summed E-state index contributed by atoms with van der Waals surface area (Å²) in [5.41, 5.74) is 1.82. The van der Waals surface area contributed by atoms with Gasteiger partial charge in [0.05, 0.1) is 22.7 Å². The van der Waals surface area contributed by atoms with Crippen LogP contribution in [0.3, 0.4) is 0 Å². The van der Waals surface area contributed by atoms with Crippen molar-refractivity contribution in [2.75, 3.05) is 55.9 Å². The van der Waals surface area contributed by atoms with Crippen LogP contribution in [0.25, 0.3) is 0 Å². The number of fused-ring (bicyclic) bond motifs is 1. The molecule has 1 aromatic heterocycles. The summed E-state index contributed by atoms with van der Waals surface area (Å²) in [6.07, 6.45) is 6.29. The van der Waals surface area contributed by atoms with Crippen LogP contribution in [0, 0.1) is 5.92 Å². The van der Waals surface area contributed by atoms with Crippen LogP contribution in [0.2, 0.25) is 5.02 Å². The molecule has 1 aromatic carbocycles. The van der Waals surface area contributed by atoms with Gasteiger partial charge in [0.25, 0.3) is 5.91 Å². The normalized spacial score (nSPS) is 18.6. The highest BCUT2D eigenvalue weighted by molar-refractivity contribution is 6.34. The fourth-order valence-corrected chi connectivity index (χ4v) is 4.98. The van der Waals surface area contributed by atoms with E-state index in [-0.39, 0.29) is 17.7 Å². The Kier molecular flexibility index (Phi) is 7.76. The molecule has 2 heterocycles. The Morgan fingerprint density at radius 1 is 1.26 bits per heavy atom. The average molecular weight is 500 g/mol. The minimum Gasteiger partial charge on any atom is -0.351 e. The molecule has 1 aliphatic heterocycles. The lowest BCUT2D eigenvalue weighted by Crippen LogP contribution is -2.38. The van der Waals surface area contributed by atoms with Gasteiger partial charge < -0.3 is 25.3 Å². The maximum absolute atomic E-state index is 12.8. The van der Waals surface area contributed by atoms with Crippen LogP contribution in [0.1, 0.15) is 43.0 Å². The second-order valence-electron chi connectivity index (χ2n) is 9.67. The predicted octanol–water partition coefficient (Wildman–Crippen LogP) is 3.53. The van der Waals surface area contributed by atoms with Crippen LogP contribution in [0.15, 0.2) is 24.4 Å². The molecule has 1 saturated carbocycles. The minimum absolute atomic E-state index is 0.0716. The highest BCUT2D eigenvalue weighted by Gasteiger charge is 2.35. The summed E-state index contributed by atoms with van der Waals surface area (Å²) in [7, 11) is 5.69. The zero-order chi connectivity index (χ0) is 25.1. The second-order valence-corrected chi connectivity index (χ2v) is 10.1. The first-order chi connectivity index (χ1) is 16.7. The molecule has 0 spiro atoms. The van der Waals surface area contributed by atoms with Crippen LogP contribution >= 0.6 is 11.6 Å². The second kappa shape index (κ2) is 10.8. The van der Waals surface area contributed by atoms with Crippen molar-refractivity contribution in [1.82, 2.24) is 20.2 Å². The van der Waals surface area contributed by atoms with Crippen molar-refractivity contribution in [1.29, 1.82) is 0 Å². The zero-order valence-electron chi connectivity index (χ0n) is 20.8. The van der Waals surface area contributed by atoms with Crippen molar-refractivity contribution in [3.05, 3.63) is 35.0 Å². The molecule has 35 heavy (non-hydrogen) atoms. The number of benzene rings is 1. The lowest BCUT2D eigenvalue weighted by atomic mass is 10.1. The van der Waals surface area contributed by atoms with Crippen LogP contribution in [-0.4, -0.2) is 73.5 Å². The van der Waals surface area contributed by atoms with Gasteiger partial charge in [-0.25, -0.2) is 4.98 Å². The van der Waals surface area contributed by atoms with Gasteiger partial charge in [0.1, 0.15) is 5.69 Å². The van der Waals surface area contributed by atoms with Gasteiger partial charge in [0, 0.05) is 38.4 Å². The summed E-state index contributed by atoms with van der Waals surface area (Å²) < 4.78 is 0. The molecule has 2 N–H and O–H groups in total. The molecule has 188 valence electrons. The molecular formula is C25H34ClN7O2. The van der Waals surface area contributed by atoms with E-state index in [0.717, 1.165) is 30.9 Å². The van der Waals surface area contributed by atoms with Crippen molar-refractivity contribution < 1.29 is 9.59 Å². The monoisotopic (exact) mass is 499 g/mol. The van der Waals surface area contributed by atoms with Gasteiger partial charge in [0.2, 0.25) is 11.9 Å². The fourth-order valence-electron chi connectivity index (χ4n) is 4.72. The van der Waals surface area contributed by atoms with Crippen LogP contribution in [-0.2, 0) is 4.79 Å². The molecule has 2 aliphatic rings. The van der Waals surface area contributed by atoms with E-state index in [0.29, 0.717) is 41.4 Å². The fraction of sp³-hybridized carbons (Fsp3) is 0.520. The van der Waals surface area contributed by atoms with E-state index >= 15 is 0 Å². The van der Waals surface area contributed by atoms with Gasteiger partial charge in [-0.3, -0.25) is 9.59 Å². The molecule has 0 radical (unpaired) electrons. The lowest BCUT2D eigenvalue weighted by molar-refractivity contribution is -0.121. The maximum atomic E-state index is 12.8. The van der Waals surface area contributed by atoms with E-state index in [1.54, 1.807) is 36.3 Å². The summed E-state index contributed by atoms with van der Waals surface area (Å²) in [5.74, 6) is 0.932. The summed E-state index contributed by atoms with van der Waals surface area (Å²) in [6.45, 7) is 3.90. The Balaban J connectivity index is 1.56. The molecule has 2 amide bonds. The molecule has 1 fully saturated rings. The van der Waals surface area contributed by atoms with Gasteiger partial charge in [-0.15, -0.1) is 0 Å². The van der Waals surface area contributed by atoms with Crippen LogP contribution in [0.5, 0.6) is 0 Å². The smallest absolute Gasteiger partial charge is 0.252 e. The number of rotatable bonds is 7. The van der Waals surface area contributed by atoms with E-state index in [1.807, 2.05) is 25.9 Å². The number of nitrogens with one attached hydrogen (secondary N) is 2. The number of amides is 2. The van der Waals surface area contributed by atoms with Gasteiger partial charge in [-0.1, -0.05) is 31.4 Å². The summed E-state index contributed by atoms with van der Waals surface area (Å²) in [4.78, 5) is 40.6. The molecule has 4 rings (SSSR count). The first-order valence-corrected chi connectivity index (χ1v) is 12.5. The van der Waals surface area contributed by atoms with Crippen molar-refractivity contribution in [2.45, 2.75) is 38.6 Å². The van der Waals surface area contributed by atoms with Crippen molar-refractivity contribution in [3.8, 4) is 0 Å². The highest BCUT2D eigenvalue weighted by Crippen LogP contribution is 2.37. The van der Waals surface area contributed by atoms with E-state index < -0.39 is 0 Å². The van der Waals surface area contributed by atoms with Crippen LogP contribution < -0.4 is 20.4 Å². The molecular weight excluding hydrogens is 466 g/mol. The average Bonchev–Trinajstić information content (AvgIpc) is 3.33. The topological polar surface area (TPSA) is 93.7 Å². The third kappa shape index (κ3) is 5.67. The summed E-state index contributed by atoms with van der Waals surface area (Å²) >= 11 is 6.42. The molecule has 2 aromatic rings. The Hall–Kier alpha value is -2.91. The molecule has 1 aliphatic carbocycles. The molecule has 1 unspecified atom stereocenters. The van der Waals surface area contributed by atoms with Crippen LogP contribution in [0.4, 0.5) is 23.1 Å². The predicted molar refractivity (Wildman–Crippen MR) is 140 cm³/mol. The van der Waals surface area contributed by atoms with Crippen molar-refractivity contribution >= 4 is 46.6 Å². The molecule has 1 atom stereocenters. The number of nitrogens with zero attached hydrogens (tertiary/aromatic N) is 5. The molecule has 9 nitrogen and oxygen atoms in total. The quantitative estimate of drug-likeness (QED) is 0.602. The number of anilines is 4. The third-order valence-electron chi connectivity index (χ3n) is 6.69. The third-order valence-corrected chi connectivity index (χ3v) is 7.00. The van der Waals surface area contributed by atoms with Gasteiger partial charge in [-0.05, 0) is 45.1 Å². The number of halogens is 1. The Morgan fingerprint density at radius 2 is 2.00 bits per heavy atom. The zero-order valence-corrected chi connectivity index (χ0v) is 21.6. The SMILES string of the molecule is CC1CN(C2CCCC2)c2nc(Nc3ccc(C(=O)NCCN(C)C)c(Cl)c3)ncc2N(C)C1=O. The number of hydrogen-bond donors (Lipinski definition) is 2. The number of likely N-dealkylation sites (N-methyl/N-ethyl adjacent to an activating group) is 1. The lowest BCUT2D eigenvalue weighted by Gasteiger charge is -2.31. The maximum Gasteiger partial charge on any atom is 0.252 e. The first kappa shape index (κ1) is 25.2. The Bertz CT molecular complexity index is 1090. The first-order valence-electron chi connectivity index (χ1n) is 12.2. The minimum atomic E-state index is -0.210. The van der Waals surface area contributed by atoms with E-state index in [2.05, 4.69) is 20.5 Å². The van der Waals surface area contributed by atoms with E-state index in [1.165, 1.54) is 12.8 Å². The molecule has 10 heteroatoms. The standard InChI is InChI=1S/C25H34ClN7O2/c1-16-15-33(18-7-5-6-8-18)22-21(32(4)24(16)35)14-28-25(30-22)29-17-9-10-19(20(26)13-17)23(34)27-11-12-31(2)3/h9-10,13-14,16,18H,5-8,11-12,15H2,1-4H3,(H,27,34)(H,28,29,30). The van der Waals surface area contributed by atoms with Crippen molar-refractivity contribution in [2.24, 2.45) is 5.92 Å². The summed E-state index contributed by atoms with van der Waals surface area (Å²) in [5, 5.41) is 6.43. The van der Waals surface area contributed by atoms with Crippen molar-refractivity contribution in [3.63, 3.8) is 0 Å². The van der Waals surface area contributed by atoms with Gasteiger partial charge in [0.15, 0.2) is 5.82 Å². The molecule has 0 bridgehead atoms. The van der Waals surface area contributed by atoms with E-state index in [9.17, 15) is 9.59 Å². The Morgan fingerprint density at radius 3 is 2.69 bits per heavy atom. The van der Waals surface area contributed by atoms with Gasteiger partial charge in [-0.2, -0.15) is 4.98 Å². The number of carbonyl (C=O) groups is 2. The van der Waals surface area contributed by atoms with Gasteiger partial charge >= 0.3 is 0 Å². The Labute approximate surface area is 211 Å². The number of hydrogen-bond acceptors (Lipinski definition) is 7. The van der Waals surface area contributed by atoms with E-state index in [4.69, 9.17) is 16.6 Å². The number of carbonyl (C=O) groups excluding carboxylic acids is 2. The highest BCUT2D eigenvalue weighted by atomic mass is 35.5. The molecule has 0 saturated heterocycles. The summed E-state index contributed by atoms with van der Waals surface area (Å²) in [6, 6.07) is 5.55.